The molecule has 26 heavy (non-hydrogen) atoms. The lowest BCUT2D eigenvalue weighted by Crippen LogP contribution is -2.47. The van der Waals surface area contributed by atoms with E-state index in [0.29, 0.717) is 12.0 Å². The maximum absolute atomic E-state index is 12.8. The highest BCUT2D eigenvalue weighted by Gasteiger charge is 2.24. The average Bonchev–Trinajstić information content (AvgIpc) is 2.68. The lowest BCUT2D eigenvalue weighted by molar-refractivity contribution is -0.118. The van der Waals surface area contributed by atoms with E-state index in [2.05, 4.69) is 16.6 Å². The Morgan fingerprint density at radius 3 is 2.19 bits per heavy atom. The van der Waals surface area contributed by atoms with E-state index in [9.17, 15) is 9.59 Å². The standard InChI is InChI=1S/C22H22N2O2/c1-4-22(3,5-2)24-21(26)19(16-17-12-8-6-9-13-17)23-20(25)18-14-10-7-11-15-18/h1,6-16H,5H2,2-3H3,(H,23,25)(H,24,26)/b19-16-/t22-/m1/s1. The molecule has 0 spiro atoms. The first-order valence-electron chi connectivity index (χ1n) is 8.41. The maximum atomic E-state index is 12.8. The third kappa shape index (κ3) is 5.09. The van der Waals surface area contributed by atoms with Crippen molar-refractivity contribution in [3.8, 4) is 12.3 Å². The monoisotopic (exact) mass is 346 g/mol. The third-order valence-corrected chi connectivity index (χ3v) is 4.05. The molecule has 0 unspecified atom stereocenters. The van der Waals surface area contributed by atoms with E-state index >= 15 is 0 Å². The first kappa shape index (κ1) is 19.0. The summed E-state index contributed by atoms with van der Waals surface area (Å²) < 4.78 is 0. The molecule has 2 N–H and O–H groups in total. The van der Waals surface area contributed by atoms with Crippen molar-refractivity contribution in [2.24, 2.45) is 0 Å². The molecule has 0 radical (unpaired) electrons. The van der Waals surface area contributed by atoms with E-state index in [1.807, 2.05) is 43.3 Å². The molecule has 0 aliphatic rings. The number of rotatable bonds is 6. The Balaban J connectivity index is 2.31. The number of hydrogen-bond donors (Lipinski definition) is 2. The highest BCUT2D eigenvalue weighted by molar-refractivity contribution is 6.05. The van der Waals surface area contributed by atoms with Crippen LogP contribution in [0.1, 0.15) is 36.2 Å². The molecule has 0 aromatic heterocycles. The van der Waals surface area contributed by atoms with E-state index in [-0.39, 0.29) is 11.6 Å². The van der Waals surface area contributed by atoms with Gasteiger partial charge in [0.15, 0.2) is 0 Å². The molecule has 4 heteroatoms. The highest BCUT2D eigenvalue weighted by atomic mass is 16.2. The third-order valence-electron chi connectivity index (χ3n) is 4.05. The summed E-state index contributed by atoms with van der Waals surface area (Å²) in [6.45, 7) is 3.66. The van der Waals surface area contributed by atoms with Gasteiger partial charge in [-0.2, -0.15) is 0 Å². The number of terminal acetylenes is 1. The van der Waals surface area contributed by atoms with Crippen LogP contribution in [0.3, 0.4) is 0 Å². The molecule has 2 aromatic carbocycles. The van der Waals surface area contributed by atoms with Crippen molar-refractivity contribution in [2.45, 2.75) is 25.8 Å². The van der Waals surface area contributed by atoms with Crippen molar-refractivity contribution in [2.75, 3.05) is 0 Å². The van der Waals surface area contributed by atoms with Gasteiger partial charge in [-0.05, 0) is 37.1 Å². The second-order valence-electron chi connectivity index (χ2n) is 6.07. The second kappa shape index (κ2) is 8.68. The number of benzene rings is 2. The van der Waals surface area contributed by atoms with Crippen LogP contribution in [-0.4, -0.2) is 17.4 Å². The molecule has 0 fully saturated rings. The minimum atomic E-state index is -0.787. The molecule has 0 aliphatic carbocycles. The number of amides is 2. The van der Waals surface area contributed by atoms with Crippen LogP contribution < -0.4 is 10.6 Å². The fourth-order valence-corrected chi connectivity index (χ4v) is 2.20. The fourth-order valence-electron chi connectivity index (χ4n) is 2.20. The van der Waals surface area contributed by atoms with Crippen molar-refractivity contribution >= 4 is 17.9 Å². The fraction of sp³-hybridized carbons (Fsp3) is 0.182. The Labute approximate surface area is 154 Å². The zero-order chi connectivity index (χ0) is 19.0. The SMILES string of the molecule is C#C[C@](C)(CC)NC(=O)/C(=C/c1ccccc1)NC(=O)c1ccccc1. The average molecular weight is 346 g/mol. The molecule has 0 bridgehead atoms. The van der Waals surface area contributed by atoms with Gasteiger partial charge in [0.25, 0.3) is 11.8 Å². The van der Waals surface area contributed by atoms with Crippen LogP contribution in [0.15, 0.2) is 66.4 Å². The van der Waals surface area contributed by atoms with Gasteiger partial charge >= 0.3 is 0 Å². The van der Waals surface area contributed by atoms with E-state index in [1.54, 1.807) is 37.3 Å². The van der Waals surface area contributed by atoms with Crippen LogP contribution in [0.2, 0.25) is 0 Å². The summed E-state index contributed by atoms with van der Waals surface area (Å²) in [6.07, 6.45) is 7.74. The van der Waals surface area contributed by atoms with Gasteiger partial charge < -0.3 is 10.6 Å². The molecule has 2 aromatic rings. The Morgan fingerprint density at radius 2 is 1.65 bits per heavy atom. The van der Waals surface area contributed by atoms with Crippen molar-refractivity contribution in [3.05, 3.63) is 77.5 Å². The summed E-state index contributed by atoms with van der Waals surface area (Å²) in [5.41, 5.74) is 0.615. The summed E-state index contributed by atoms with van der Waals surface area (Å²) in [4.78, 5) is 25.2. The highest BCUT2D eigenvalue weighted by Crippen LogP contribution is 2.11. The van der Waals surface area contributed by atoms with E-state index in [0.717, 1.165) is 5.56 Å². The first-order chi connectivity index (χ1) is 12.5. The van der Waals surface area contributed by atoms with Crippen molar-refractivity contribution in [3.63, 3.8) is 0 Å². The van der Waals surface area contributed by atoms with E-state index in [4.69, 9.17) is 6.42 Å². The summed E-state index contributed by atoms with van der Waals surface area (Å²) >= 11 is 0. The zero-order valence-corrected chi connectivity index (χ0v) is 15.0. The van der Waals surface area contributed by atoms with Crippen LogP contribution in [0.4, 0.5) is 0 Å². The minimum absolute atomic E-state index is 0.139. The molecular weight excluding hydrogens is 324 g/mol. The lowest BCUT2D eigenvalue weighted by Gasteiger charge is -2.24. The number of nitrogens with one attached hydrogen (secondary N) is 2. The molecule has 2 rings (SSSR count). The Morgan fingerprint density at radius 1 is 1.08 bits per heavy atom. The van der Waals surface area contributed by atoms with E-state index < -0.39 is 11.4 Å². The van der Waals surface area contributed by atoms with Gasteiger partial charge in [-0.15, -0.1) is 6.42 Å². The van der Waals surface area contributed by atoms with Crippen LogP contribution in [0.5, 0.6) is 0 Å². The normalized spacial score (nSPS) is 13.2. The molecule has 4 nitrogen and oxygen atoms in total. The van der Waals surface area contributed by atoms with Gasteiger partial charge in [0, 0.05) is 5.56 Å². The molecule has 132 valence electrons. The van der Waals surface area contributed by atoms with Crippen molar-refractivity contribution in [1.82, 2.24) is 10.6 Å². The van der Waals surface area contributed by atoms with Gasteiger partial charge in [-0.1, -0.05) is 61.4 Å². The lowest BCUT2D eigenvalue weighted by atomic mass is 10.00. The number of carbonyl (C=O) groups is 2. The number of hydrogen-bond acceptors (Lipinski definition) is 2. The van der Waals surface area contributed by atoms with E-state index in [1.165, 1.54) is 0 Å². The molecular formula is C22H22N2O2. The number of carbonyl (C=O) groups excluding carboxylic acids is 2. The summed E-state index contributed by atoms with van der Waals surface area (Å²) in [7, 11) is 0. The Bertz CT molecular complexity index is 835. The smallest absolute Gasteiger partial charge is 0.268 e. The Hall–Kier alpha value is -3.32. The molecule has 0 saturated heterocycles. The molecule has 1 atom stereocenters. The van der Waals surface area contributed by atoms with Crippen molar-refractivity contribution < 1.29 is 9.59 Å². The maximum Gasteiger partial charge on any atom is 0.268 e. The molecule has 0 heterocycles. The quantitative estimate of drug-likeness (QED) is 0.622. The second-order valence-corrected chi connectivity index (χ2v) is 6.07. The van der Waals surface area contributed by atoms with Gasteiger partial charge in [-0.3, -0.25) is 9.59 Å². The predicted octanol–water partition coefficient (Wildman–Crippen LogP) is 3.38. The zero-order valence-electron chi connectivity index (χ0n) is 15.0. The van der Waals surface area contributed by atoms with Crippen LogP contribution in [0.25, 0.3) is 6.08 Å². The van der Waals surface area contributed by atoms with Gasteiger partial charge in [0.2, 0.25) is 0 Å². The molecule has 0 aliphatic heterocycles. The van der Waals surface area contributed by atoms with Gasteiger partial charge in [0.1, 0.15) is 5.70 Å². The van der Waals surface area contributed by atoms with Crippen LogP contribution in [-0.2, 0) is 4.79 Å². The largest absolute Gasteiger partial charge is 0.335 e. The van der Waals surface area contributed by atoms with Gasteiger partial charge in [-0.25, -0.2) is 0 Å². The molecule has 2 amide bonds. The summed E-state index contributed by atoms with van der Waals surface area (Å²) in [6, 6.07) is 18.0. The van der Waals surface area contributed by atoms with Crippen molar-refractivity contribution in [1.29, 1.82) is 0 Å². The first-order valence-corrected chi connectivity index (χ1v) is 8.41. The van der Waals surface area contributed by atoms with Crippen LogP contribution in [0, 0.1) is 12.3 Å². The van der Waals surface area contributed by atoms with Gasteiger partial charge in [0.05, 0.1) is 5.54 Å². The minimum Gasteiger partial charge on any atom is -0.335 e. The Kier molecular flexibility index (Phi) is 6.35. The predicted molar refractivity (Wildman–Crippen MR) is 104 cm³/mol. The summed E-state index contributed by atoms with van der Waals surface area (Å²) in [5.74, 6) is 1.80. The topological polar surface area (TPSA) is 58.2 Å². The van der Waals surface area contributed by atoms with Crippen LogP contribution >= 0.6 is 0 Å². The summed E-state index contributed by atoms with van der Waals surface area (Å²) in [5, 5.41) is 5.51. The molecule has 0 saturated carbocycles.